The first kappa shape index (κ1) is 74.4. The summed E-state index contributed by atoms with van der Waals surface area (Å²) in [4.78, 5) is 15.7. The van der Waals surface area contributed by atoms with Crippen molar-refractivity contribution in [2.75, 3.05) is 0 Å². The molecule has 0 N–H and O–H groups in total. The van der Waals surface area contributed by atoms with E-state index in [-0.39, 0.29) is 0 Å². The minimum Gasteiger partial charge on any atom is -0.309 e. The fraction of sp³-hybridized carbons (Fsp3) is 0. The highest BCUT2D eigenvalue weighted by atomic mass is 15.0. The van der Waals surface area contributed by atoms with Crippen LogP contribution in [0.2, 0.25) is 0 Å². The van der Waals surface area contributed by atoms with Crippen LogP contribution in [0.4, 0.5) is 0 Å². The molecule has 6 heterocycles. The van der Waals surface area contributed by atoms with Crippen LogP contribution in [0.15, 0.2) is 473 Å². The average molecular weight is 1640 g/mol. The summed E-state index contributed by atoms with van der Waals surface area (Å²) in [6.45, 7) is 0. The highest BCUT2D eigenvalue weighted by Gasteiger charge is 2.21. The van der Waals surface area contributed by atoms with Gasteiger partial charge in [-0.2, -0.15) is 0 Å². The molecule has 0 spiro atoms. The Morgan fingerprint density at radius 1 is 0.132 bits per heavy atom. The van der Waals surface area contributed by atoms with Crippen molar-refractivity contribution in [3.05, 3.63) is 473 Å². The van der Waals surface area contributed by atoms with Crippen LogP contribution in [-0.4, -0.2) is 28.7 Å². The normalized spacial score (nSPS) is 11.7. The molecule has 27 rings (SSSR count). The fourth-order valence-electron chi connectivity index (χ4n) is 20.4. The van der Waals surface area contributed by atoms with Crippen LogP contribution >= 0.6 is 0 Å². The Hall–Kier alpha value is -17.2. The van der Waals surface area contributed by atoms with Crippen molar-refractivity contribution < 1.29 is 0 Å². The molecule has 27 aromatic rings. The van der Waals surface area contributed by atoms with Gasteiger partial charge in [-0.25, -0.2) is 15.0 Å². The molecule has 129 heavy (non-hydrogen) atoms. The lowest BCUT2D eigenvalue weighted by Gasteiger charge is -2.14. The second kappa shape index (κ2) is 30.9. The van der Waals surface area contributed by atoms with E-state index in [1.807, 2.05) is 0 Å². The maximum atomic E-state index is 5.25. The maximum Gasteiger partial charge on any atom is 0.0794 e. The van der Waals surface area contributed by atoms with Crippen LogP contribution in [0, 0.1) is 0 Å². The molecule has 0 radical (unpaired) electrons. The maximum absolute atomic E-state index is 5.25. The lowest BCUT2D eigenvalue weighted by molar-refractivity contribution is 1.18. The predicted octanol–water partition coefficient (Wildman–Crippen LogP) is 32.9. The van der Waals surface area contributed by atoms with E-state index >= 15 is 0 Å². The quantitative estimate of drug-likeness (QED) is 0.135. The number of pyridine rings is 3. The summed E-state index contributed by atoms with van der Waals surface area (Å²) in [5.74, 6) is 0. The zero-order chi connectivity index (χ0) is 85.0. The van der Waals surface area contributed by atoms with Crippen LogP contribution in [-0.2, 0) is 0 Å². The van der Waals surface area contributed by atoms with Crippen LogP contribution in [0.5, 0.6) is 0 Å². The molecule has 0 atom stereocenters. The van der Waals surface area contributed by atoms with E-state index in [1.165, 1.54) is 185 Å². The summed E-state index contributed by atoms with van der Waals surface area (Å²) in [6.07, 6.45) is 0. The van der Waals surface area contributed by atoms with Crippen molar-refractivity contribution in [3.63, 3.8) is 0 Å². The number of aromatic nitrogens is 6. The molecule has 0 fully saturated rings. The number of hydrogen-bond acceptors (Lipinski definition) is 3. The zero-order valence-electron chi connectivity index (χ0n) is 70.2. The Labute approximate surface area is 743 Å². The molecule has 0 unspecified atom stereocenters. The van der Waals surface area contributed by atoms with E-state index in [1.54, 1.807) is 0 Å². The summed E-state index contributed by atoms with van der Waals surface area (Å²) in [5.41, 5.74) is 27.4. The third-order valence-electron chi connectivity index (χ3n) is 26.4. The zero-order valence-corrected chi connectivity index (χ0v) is 70.2. The van der Waals surface area contributed by atoms with Crippen molar-refractivity contribution in [2.45, 2.75) is 0 Å². The number of hydrogen-bond donors (Lipinski definition) is 0. The van der Waals surface area contributed by atoms with Crippen molar-refractivity contribution >= 4 is 163 Å². The van der Waals surface area contributed by atoms with Crippen molar-refractivity contribution in [1.29, 1.82) is 0 Å². The lowest BCUT2D eigenvalue weighted by atomic mass is 9.96. The predicted molar refractivity (Wildman–Crippen MR) is 546 cm³/mol. The summed E-state index contributed by atoms with van der Waals surface area (Å²) in [5, 5.41) is 26.1. The van der Waals surface area contributed by atoms with Gasteiger partial charge in [-0.1, -0.05) is 370 Å². The van der Waals surface area contributed by atoms with Crippen molar-refractivity contribution in [3.8, 4) is 84.2 Å². The minimum absolute atomic E-state index is 0.982. The largest absolute Gasteiger partial charge is 0.309 e. The molecular formula is C123H78N6. The minimum atomic E-state index is 0.982. The number of nitrogens with zero attached hydrogens (tertiary/aromatic N) is 6. The monoisotopic (exact) mass is 1640 g/mol. The fourth-order valence-corrected chi connectivity index (χ4v) is 20.4. The molecule has 21 aromatic carbocycles. The summed E-state index contributed by atoms with van der Waals surface area (Å²) in [6, 6.07) is 170. The van der Waals surface area contributed by atoms with Crippen LogP contribution < -0.4 is 0 Å². The van der Waals surface area contributed by atoms with Crippen molar-refractivity contribution in [2.24, 2.45) is 0 Å². The Morgan fingerprint density at radius 3 is 0.698 bits per heavy atom. The lowest BCUT2D eigenvalue weighted by Crippen LogP contribution is -1.97. The smallest absolute Gasteiger partial charge is 0.0794 e. The first-order chi connectivity index (χ1) is 64.0. The van der Waals surface area contributed by atoms with Gasteiger partial charge in [-0.15, -0.1) is 0 Å². The van der Waals surface area contributed by atoms with E-state index in [2.05, 4.69) is 487 Å². The summed E-state index contributed by atoms with van der Waals surface area (Å²) < 4.78 is 7.12. The van der Waals surface area contributed by atoms with E-state index in [0.29, 0.717) is 0 Å². The van der Waals surface area contributed by atoms with Crippen LogP contribution in [0.1, 0.15) is 0 Å². The Bertz CT molecular complexity index is 8910. The van der Waals surface area contributed by atoms with Gasteiger partial charge in [-0.3, -0.25) is 0 Å². The number of rotatable bonds is 9. The molecule has 0 saturated heterocycles. The third-order valence-corrected chi connectivity index (χ3v) is 26.4. The van der Waals surface area contributed by atoms with Crippen molar-refractivity contribution in [1.82, 2.24) is 28.7 Å². The summed E-state index contributed by atoms with van der Waals surface area (Å²) >= 11 is 0. The highest BCUT2D eigenvalue weighted by Crippen LogP contribution is 2.44. The standard InChI is InChI=1S/3C41H26N2/c1-2-14-32-30(12-1)31-13-3-4-17-35(31)41-36(32)25-26-37(42-41)28-23-21-27(22-24-28)29-11-5-8-18-38(29)43-39-19-9-6-15-33(39)34-16-7-10-20-40(34)43;1-2-14-33-31(12-1)32-13-3-4-17-36(32)41-37(33)24-25-38(42-41)28-22-20-27(21-23-28)29-10-9-11-30(26-29)43-39-18-7-5-15-34(39)35-16-6-8-19-40(35)43;1-2-11-33-31(9-1)32-10-3-4-14-36(32)41-37(33)25-26-38(42-41)29-19-17-27(18-20-29)28-21-23-30(24-22-28)43-39-15-7-5-12-34(39)35-13-6-8-16-40(35)43/h3*1-26H. The van der Waals surface area contributed by atoms with Gasteiger partial charge in [0, 0.05) is 98.3 Å². The second-order valence-electron chi connectivity index (χ2n) is 33.5. The van der Waals surface area contributed by atoms with Gasteiger partial charge in [-0.05, 0) is 179 Å². The van der Waals surface area contributed by atoms with Crippen LogP contribution in [0.3, 0.4) is 0 Å². The van der Waals surface area contributed by atoms with Crippen LogP contribution in [0.25, 0.3) is 247 Å². The van der Waals surface area contributed by atoms with E-state index in [0.717, 1.165) is 61.7 Å². The molecule has 0 amide bonds. The van der Waals surface area contributed by atoms with Gasteiger partial charge in [0.25, 0.3) is 0 Å². The van der Waals surface area contributed by atoms with E-state index < -0.39 is 0 Å². The molecule has 0 aliphatic carbocycles. The second-order valence-corrected chi connectivity index (χ2v) is 33.5. The summed E-state index contributed by atoms with van der Waals surface area (Å²) in [7, 11) is 0. The number of fused-ring (bicyclic) bond motifs is 27. The van der Waals surface area contributed by atoms with Gasteiger partial charge in [0.1, 0.15) is 0 Å². The van der Waals surface area contributed by atoms with Gasteiger partial charge in [0.2, 0.25) is 0 Å². The highest BCUT2D eigenvalue weighted by molar-refractivity contribution is 6.27. The molecule has 6 heteroatoms. The molecule has 0 bridgehead atoms. The molecule has 600 valence electrons. The first-order valence-electron chi connectivity index (χ1n) is 44.2. The molecular weight excluding hydrogens is 1560 g/mol. The average Bonchev–Trinajstić information content (AvgIpc) is 1.72. The number of benzene rings is 21. The van der Waals surface area contributed by atoms with E-state index in [4.69, 9.17) is 15.0 Å². The molecule has 0 aliphatic heterocycles. The molecule has 0 saturated carbocycles. The molecule has 6 aromatic heterocycles. The Morgan fingerprint density at radius 2 is 0.364 bits per heavy atom. The molecule has 6 nitrogen and oxygen atoms in total. The van der Waals surface area contributed by atoms with Gasteiger partial charge in [0.15, 0.2) is 0 Å². The molecule has 0 aliphatic rings. The Kier molecular flexibility index (Phi) is 17.9. The first-order valence-corrected chi connectivity index (χ1v) is 44.2. The van der Waals surface area contributed by atoms with Gasteiger partial charge < -0.3 is 13.7 Å². The Balaban J connectivity index is 0.000000105. The third kappa shape index (κ3) is 12.6. The number of para-hydroxylation sites is 7. The van der Waals surface area contributed by atoms with Gasteiger partial charge in [0.05, 0.1) is 72.4 Å². The van der Waals surface area contributed by atoms with Gasteiger partial charge >= 0.3 is 0 Å². The van der Waals surface area contributed by atoms with E-state index in [9.17, 15) is 0 Å². The topological polar surface area (TPSA) is 53.5 Å². The SMILES string of the molecule is c1cc(-c2ccc(-c3ccc4c5ccccc5c5ccccc5c4n3)cc2)cc(-n2c3ccccc3c3ccccc32)c1.c1ccc(-n2c3ccccc3c3ccccc32)c(-c2ccc(-c3ccc4c5ccccc5c5ccccc5c4n3)cc2)c1.c1ccc2c(c1)c1ccccc1c1nc(-c3ccc(-c4ccc(-n5c6ccccc6c6ccccc65)cc4)cc3)ccc21.